The number of hydrogen-bond acceptors (Lipinski definition) is 3. The molecule has 0 aliphatic heterocycles. The Morgan fingerprint density at radius 1 is 1.25 bits per heavy atom. The third kappa shape index (κ3) is 4.09. The van der Waals surface area contributed by atoms with Gasteiger partial charge >= 0.3 is 0 Å². The quantitative estimate of drug-likeness (QED) is 0.868. The molecule has 7 heteroatoms. The zero-order valence-electron chi connectivity index (χ0n) is 14.1. The molecule has 3 rings (SSSR count). The van der Waals surface area contributed by atoms with Crippen molar-refractivity contribution in [3.63, 3.8) is 0 Å². The van der Waals surface area contributed by atoms with Gasteiger partial charge in [-0.15, -0.1) is 24.8 Å². The molecule has 1 saturated carbocycles. The lowest BCUT2D eigenvalue weighted by Crippen LogP contribution is -2.43. The third-order valence-corrected chi connectivity index (χ3v) is 4.24. The van der Waals surface area contributed by atoms with E-state index in [0.717, 1.165) is 35.5 Å². The monoisotopic (exact) mass is 370 g/mol. The van der Waals surface area contributed by atoms with Crippen LogP contribution in [-0.4, -0.2) is 21.2 Å². The van der Waals surface area contributed by atoms with E-state index in [1.165, 1.54) is 0 Å². The van der Waals surface area contributed by atoms with Crippen molar-refractivity contribution in [3.05, 3.63) is 47.3 Å². The van der Waals surface area contributed by atoms with E-state index >= 15 is 0 Å². The number of rotatable bonds is 4. The Labute approximate surface area is 154 Å². The molecule has 1 atom stereocenters. The van der Waals surface area contributed by atoms with Crippen molar-refractivity contribution in [1.82, 2.24) is 15.1 Å². The summed E-state index contributed by atoms with van der Waals surface area (Å²) >= 11 is 0. The maximum Gasteiger partial charge on any atom is 0.240 e. The highest BCUT2D eigenvalue weighted by atomic mass is 35.5. The lowest BCUT2D eigenvalue weighted by atomic mass is 10.1. The van der Waals surface area contributed by atoms with Gasteiger partial charge in [0.1, 0.15) is 0 Å². The lowest BCUT2D eigenvalue weighted by molar-refractivity contribution is -0.123. The molecule has 1 aliphatic rings. The molecule has 0 saturated heterocycles. The summed E-state index contributed by atoms with van der Waals surface area (Å²) in [5, 5.41) is 7.46. The Kier molecular flexibility index (Phi) is 6.45. The molecule has 1 aliphatic carbocycles. The van der Waals surface area contributed by atoms with Gasteiger partial charge in [-0.05, 0) is 57.4 Å². The first kappa shape index (κ1) is 20.5. The molecular formula is C17H24Cl2N4O. The van der Waals surface area contributed by atoms with Crippen LogP contribution in [0, 0.1) is 13.8 Å². The van der Waals surface area contributed by atoms with Crippen LogP contribution in [0.15, 0.2) is 30.3 Å². The largest absolute Gasteiger partial charge is 0.348 e. The smallest absolute Gasteiger partial charge is 0.240 e. The SMILES string of the molecule is Cc1cc(C)n(-c2ccc(C(C)NC(=O)C3(N)CC3)cc2)n1.Cl.Cl. The van der Waals surface area contributed by atoms with Gasteiger partial charge in [-0.2, -0.15) is 5.10 Å². The first-order valence-corrected chi connectivity index (χ1v) is 7.62. The van der Waals surface area contributed by atoms with Gasteiger partial charge in [0.05, 0.1) is 23.0 Å². The molecule has 0 spiro atoms. The van der Waals surface area contributed by atoms with Crippen molar-refractivity contribution in [3.8, 4) is 5.69 Å². The third-order valence-electron chi connectivity index (χ3n) is 4.24. The second-order valence-electron chi connectivity index (χ2n) is 6.28. The predicted molar refractivity (Wildman–Crippen MR) is 100 cm³/mol. The Balaban J connectivity index is 0.00000144. The highest BCUT2D eigenvalue weighted by Gasteiger charge is 2.46. The second-order valence-corrected chi connectivity index (χ2v) is 6.28. The zero-order valence-corrected chi connectivity index (χ0v) is 15.7. The molecule has 0 radical (unpaired) electrons. The molecule has 1 amide bonds. The number of aromatic nitrogens is 2. The fourth-order valence-corrected chi connectivity index (χ4v) is 2.58. The molecule has 1 fully saturated rings. The molecule has 1 aromatic carbocycles. The van der Waals surface area contributed by atoms with Gasteiger partial charge in [-0.3, -0.25) is 4.79 Å². The Morgan fingerprint density at radius 3 is 2.29 bits per heavy atom. The van der Waals surface area contributed by atoms with E-state index in [1.54, 1.807) is 0 Å². The Hall–Kier alpha value is -1.56. The molecule has 0 bridgehead atoms. The van der Waals surface area contributed by atoms with Crippen LogP contribution < -0.4 is 11.1 Å². The molecule has 5 nitrogen and oxygen atoms in total. The van der Waals surface area contributed by atoms with Gasteiger partial charge in [-0.1, -0.05) is 12.1 Å². The number of halogens is 2. The van der Waals surface area contributed by atoms with Crippen LogP contribution >= 0.6 is 24.8 Å². The van der Waals surface area contributed by atoms with E-state index in [2.05, 4.69) is 10.4 Å². The summed E-state index contributed by atoms with van der Waals surface area (Å²) < 4.78 is 1.92. The fraction of sp³-hybridized carbons (Fsp3) is 0.412. The summed E-state index contributed by atoms with van der Waals surface area (Å²) in [5.41, 5.74) is 9.46. The summed E-state index contributed by atoms with van der Waals surface area (Å²) in [4.78, 5) is 12.0. The molecule has 1 unspecified atom stereocenters. The maximum atomic E-state index is 12.0. The van der Waals surface area contributed by atoms with E-state index in [9.17, 15) is 4.79 Å². The number of aryl methyl sites for hydroxylation is 2. The van der Waals surface area contributed by atoms with Crippen molar-refractivity contribution in [2.24, 2.45) is 5.73 Å². The van der Waals surface area contributed by atoms with Crippen molar-refractivity contribution in [2.45, 2.75) is 45.2 Å². The van der Waals surface area contributed by atoms with Crippen LogP contribution in [0.5, 0.6) is 0 Å². The maximum absolute atomic E-state index is 12.0. The minimum atomic E-state index is -0.627. The molecule has 132 valence electrons. The van der Waals surface area contributed by atoms with Crippen LogP contribution in [0.3, 0.4) is 0 Å². The van der Waals surface area contributed by atoms with Crippen molar-refractivity contribution < 1.29 is 4.79 Å². The minimum Gasteiger partial charge on any atom is -0.348 e. The molecular weight excluding hydrogens is 347 g/mol. The molecule has 1 aromatic heterocycles. The number of amides is 1. The number of hydrogen-bond donors (Lipinski definition) is 2. The predicted octanol–water partition coefficient (Wildman–Crippen LogP) is 3.00. The van der Waals surface area contributed by atoms with Crippen molar-refractivity contribution >= 4 is 30.7 Å². The summed E-state index contributed by atoms with van der Waals surface area (Å²) in [6, 6.07) is 10.1. The molecule has 3 N–H and O–H groups in total. The second kappa shape index (κ2) is 7.55. The standard InChI is InChI=1S/C17H22N4O.2ClH/c1-11-10-12(2)21(20-11)15-6-4-14(5-7-15)13(3)19-16(22)17(18)8-9-17;;/h4-7,10,13H,8-9,18H2,1-3H3,(H,19,22);2*1H. The number of nitrogens with one attached hydrogen (secondary N) is 1. The molecule has 24 heavy (non-hydrogen) atoms. The topological polar surface area (TPSA) is 72.9 Å². The summed E-state index contributed by atoms with van der Waals surface area (Å²) in [6.45, 7) is 5.99. The Morgan fingerprint density at radius 2 is 1.83 bits per heavy atom. The molecule has 2 aromatic rings. The van der Waals surface area contributed by atoms with E-state index < -0.39 is 5.54 Å². The number of carbonyl (C=O) groups excluding carboxylic acids is 1. The number of carbonyl (C=O) groups is 1. The lowest BCUT2D eigenvalue weighted by Gasteiger charge is -2.17. The van der Waals surface area contributed by atoms with Gasteiger partial charge in [-0.25, -0.2) is 4.68 Å². The average Bonchev–Trinajstić information content (AvgIpc) is 3.15. The first-order valence-electron chi connectivity index (χ1n) is 7.62. The van der Waals surface area contributed by atoms with Gasteiger partial charge in [0.25, 0.3) is 0 Å². The number of nitrogens with two attached hydrogens (primary N) is 1. The summed E-state index contributed by atoms with van der Waals surface area (Å²) in [5.74, 6) is -0.0531. The average molecular weight is 371 g/mol. The Bertz CT molecular complexity index is 708. The van der Waals surface area contributed by atoms with Crippen LogP contribution in [0.2, 0.25) is 0 Å². The normalized spacial score (nSPS) is 15.7. The van der Waals surface area contributed by atoms with E-state index in [4.69, 9.17) is 5.73 Å². The van der Waals surface area contributed by atoms with Crippen molar-refractivity contribution in [2.75, 3.05) is 0 Å². The van der Waals surface area contributed by atoms with Gasteiger partial charge in [0.15, 0.2) is 0 Å². The fourth-order valence-electron chi connectivity index (χ4n) is 2.58. The summed E-state index contributed by atoms with van der Waals surface area (Å²) in [6.07, 6.45) is 1.56. The van der Waals surface area contributed by atoms with Crippen molar-refractivity contribution in [1.29, 1.82) is 0 Å². The highest BCUT2D eigenvalue weighted by molar-refractivity contribution is 5.89. The van der Waals surface area contributed by atoms with Crippen LogP contribution in [0.25, 0.3) is 5.69 Å². The molecule has 1 heterocycles. The van der Waals surface area contributed by atoms with Crippen LogP contribution in [0.4, 0.5) is 0 Å². The van der Waals surface area contributed by atoms with E-state index in [-0.39, 0.29) is 36.8 Å². The highest BCUT2D eigenvalue weighted by Crippen LogP contribution is 2.33. The minimum absolute atomic E-state index is 0. The van der Waals surface area contributed by atoms with E-state index in [1.807, 2.05) is 55.8 Å². The van der Waals surface area contributed by atoms with E-state index in [0.29, 0.717) is 0 Å². The zero-order chi connectivity index (χ0) is 15.9. The number of nitrogens with zero attached hydrogens (tertiary/aromatic N) is 2. The number of benzene rings is 1. The summed E-state index contributed by atoms with van der Waals surface area (Å²) in [7, 11) is 0. The van der Waals surface area contributed by atoms with Gasteiger partial charge in [0.2, 0.25) is 5.91 Å². The van der Waals surface area contributed by atoms with Crippen LogP contribution in [-0.2, 0) is 4.79 Å². The first-order chi connectivity index (χ1) is 10.4. The van der Waals surface area contributed by atoms with Crippen LogP contribution in [0.1, 0.15) is 42.8 Å². The van der Waals surface area contributed by atoms with Gasteiger partial charge < -0.3 is 11.1 Å². The van der Waals surface area contributed by atoms with Gasteiger partial charge in [0, 0.05) is 5.69 Å².